The first-order chi connectivity index (χ1) is 16.5. The topological polar surface area (TPSA) is 52.6 Å². The van der Waals surface area contributed by atoms with E-state index in [1.807, 2.05) is 0 Å². The Morgan fingerprint density at radius 2 is 1.69 bits per heavy atom. The van der Waals surface area contributed by atoms with E-state index in [0.717, 1.165) is 43.4 Å². The molecule has 8 atom stereocenters. The van der Waals surface area contributed by atoms with E-state index < -0.39 is 0 Å². The highest BCUT2D eigenvalue weighted by Gasteiger charge is 2.59. The first-order valence-corrected chi connectivity index (χ1v) is 14.5. The molecule has 0 aromatic rings. The fourth-order valence-corrected chi connectivity index (χ4v) is 9.17. The van der Waals surface area contributed by atoms with Crippen molar-refractivity contribution in [1.82, 2.24) is 0 Å². The maximum absolute atomic E-state index is 12.2. The van der Waals surface area contributed by atoms with Crippen LogP contribution in [0.5, 0.6) is 0 Å². The normalized spacial score (nSPS) is 39.5. The van der Waals surface area contributed by atoms with Crippen LogP contribution < -0.4 is 0 Å². The van der Waals surface area contributed by atoms with Crippen LogP contribution in [-0.4, -0.2) is 24.1 Å². The summed E-state index contributed by atoms with van der Waals surface area (Å²) in [6.07, 6.45) is 12.6. The van der Waals surface area contributed by atoms with Gasteiger partial charge in [0.1, 0.15) is 12.2 Å². The number of hydrogen-bond acceptors (Lipinski definition) is 4. The second kappa shape index (κ2) is 10.2. The average molecular weight is 487 g/mol. The zero-order chi connectivity index (χ0) is 25.5. The van der Waals surface area contributed by atoms with Gasteiger partial charge in [-0.15, -0.1) is 0 Å². The maximum Gasteiger partial charge on any atom is 0.302 e. The predicted octanol–water partition coefficient (Wildman–Crippen LogP) is 7.65. The summed E-state index contributed by atoms with van der Waals surface area (Å²) in [7, 11) is 0. The Morgan fingerprint density at radius 3 is 2.34 bits per heavy atom. The highest BCUT2D eigenvalue weighted by molar-refractivity contribution is 5.67. The lowest BCUT2D eigenvalue weighted by Crippen LogP contribution is -2.52. The number of rotatable bonds is 7. The van der Waals surface area contributed by atoms with Crippen molar-refractivity contribution in [2.75, 3.05) is 0 Å². The summed E-state index contributed by atoms with van der Waals surface area (Å²) in [5.41, 5.74) is 3.41. The summed E-state index contributed by atoms with van der Waals surface area (Å²) < 4.78 is 11.7. The van der Waals surface area contributed by atoms with Gasteiger partial charge in [-0.2, -0.15) is 0 Å². The molecular formula is C31H50O4. The van der Waals surface area contributed by atoms with E-state index in [0.29, 0.717) is 17.3 Å². The highest BCUT2D eigenvalue weighted by Crippen LogP contribution is 2.66. The van der Waals surface area contributed by atoms with Crippen LogP contribution >= 0.6 is 0 Å². The molecule has 8 unspecified atom stereocenters. The van der Waals surface area contributed by atoms with Gasteiger partial charge in [-0.05, 0) is 86.4 Å². The summed E-state index contributed by atoms with van der Waals surface area (Å²) in [4.78, 5) is 23.9. The fraction of sp³-hybridized carbons (Fsp3) is 0.871. The maximum atomic E-state index is 12.2. The molecule has 4 aliphatic rings. The number of hydrogen-bond donors (Lipinski definition) is 0. The van der Waals surface area contributed by atoms with Crippen LogP contribution in [0.2, 0.25) is 0 Å². The predicted molar refractivity (Wildman–Crippen MR) is 140 cm³/mol. The second-order valence-electron chi connectivity index (χ2n) is 13.4. The molecule has 3 fully saturated rings. The Morgan fingerprint density at radius 1 is 0.971 bits per heavy atom. The third kappa shape index (κ3) is 5.10. The van der Waals surface area contributed by atoms with Crippen LogP contribution in [0.3, 0.4) is 0 Å². The van der Waals surface area contributed by atoms with Gasteiger partial charge < -0.3 is 9.47 Å². The standard InChI is InChI=1S/C31H50O4/c1-19(2)9-8-10-20(3)26-13-14-28-25-17-29(35-22(5)33)31(7)18-23(34-21(4)32)11-12-27(31)24(25)15-16-30(26,28)6/h19-20,23,25-26,28-29H,8-18H2,1-7H3. The van der Waals surface area contributed by atoms with Crippen molar-refractivity contribution in [3.8, 4) is 0 Å². The summed E-state index contributed by atoms with van der Waals surface area (Å²) >= 11 is 0. The van der Waals surface area contributed by atoms with Crippen LogP contribution in [0.25, 0.3) is 0 Å². The number of fused-ring (bicyclic) bond motifs is 4. The monoisotopic (exact) mass is 486 g/mol. The molecule has 0 N–H and O–H groups in total. The molecule has 198 valence electrons. The Labute approximate surface area is 214 Å². The Bertz CT molecular complexity index is 843. The van der Waals surface area contributed by atoms with Crippen LogP contribution in [-0.2, 0) is 19.1 Å². The quantitative estimate of drug-likeness (QED) is 0.274. The molecule has 0 heterocycles. The molecule has 0 bridgehead atoms. The van der Waals surface area contributed by atoms with E-state index in [4.69, 9.17) is 9.47 Å². The lowest BCUT2D eigenvalue weighted by atomic mass is 9.50. The average Bonchev–Trinajstić information content (AvgIpc) is 3.10. The molecule has 0 spiro atoms. The molecule has 4 aliphatic carbocycles. The molecule has 0 aromatic heterocycles. The van der Waals surface area contributed by atoms with Gasteiger partial charge in [-0.3, -0.25) is 9.59 Å². The van der Waals surface area contributed by atoms with E-state index in [9.17, 15) is 9.59 Å². The van der Waals surface area contributed by atoms with Crippen molar-refractivity contribution in [1.29, 1.82) is 0 Å². The highest BCUT2D eigenvalue weighted by atomic mass is 16.5. The summed E-state index contributed by atoms with van der Waals surface area (Å²) in [5.74, 6) is 3.24. The van der Waals surface area contributed by atoms with E-state index in [-0.39, 0.29) is 29.6 Å². The van der Waals surface area contributed by atoms with Gasteiger partial charge in [0.2, 0.25) is 0 Å². The molecule has 0 radical (unpaired) electrons. The number of carbonyl (C=O) groups is 2. The molecule has 4 heteroatoms. The number of carbonyl (C=O) groups excluding carboxylic acids is 2. The second-order valence-corrected chi connectivity index (χ2v) is 13.4. The molecule has 0 saturated heterocycles. The van der Waals surface area contributed by atoms with Gasteiger partial charge in [-0.25, -0.2) is 0 Å². The first kappa shape index (κ1) is 26.7. The molecule has 4 rings (SSSR count). The molecule has 4 nitrogen and oxygen atoms in total. The number of esters is 2. The number of allylic oxidation sites excluding steroid dienone is 1. The molecular weight excluding hydrogens is 436 g/mol. The van der Waals surface area contributed by atoms with Gasteiger partial charge in [-0.1, -0.05) is 65.0 Å². The lowest BCUT2D eigenvalue weighted by Gasteiger charge is -2.56. The minimum atomic E-state index is -0.217. The van der Waals surface area contributed by atoms with Crippen LogP contribution in [0.1, 0.15) is 119 Å². The van der Waals surface area contributed by atoms with Gasteiger partial charge in [0.05, 0.1) is 0 Å². The smallest absolute Gasteiger partial charge is 0.302 e. The summed E-state index contributed by atoms with van der Waals surface area (Å²) in [5, 5.41) is 0. The van der Waals surface area contributed by atoms with Crippen molar-refractivity contribution in [3.63, 3.8) is 0 Å². The summed E-state index contributed by atoms with van der Waals surface area (Å²) in [6, 6.07) is 0. The minimum absolute atomic E-state index is 0.0761. The Hall–Kier alpha value is -1.32. The van der Waals surface area contributed by atoms with Crippen LogP contribution in [0.15, 0.2) is 11.1 Å². The number of ether oxygens (including phenoxy) is 2. The van der Waals surface area contributed by atoms with Gasteiger partial charge in [0.25, 0.3) is 0 Å². The largest absolute Gasteiger partial charge is 0.463 e. The fourth-order valence-electron chi connectivity index (χ4n) is 9.17. The van der Waals surface area contributed by atoms with Crippen molar-refractivity contribution in [3.05, 3.63) is 11.1 Å². The van der Waals surface area contributed by atoms with Crippen molar-refractivity contribution >= 4 is 11.9 Å². The lowest BCUT2D eigenvalue weighted by molar-refractivity contribution is -0.162. The Balaban J connectivity index is 1.59. The SMILES string of the molecule is CC(=O)OC1CCC2=C3CCC4(C)C(C(C)CCCC(C)C)CCC4C3CC(OC(C)=O)C2(C)C1. The molecule has 0 aromatic carbocycles. The molecule has 0 amide bonds. The van der Waals surface area contributed by atoms with E-state index >= 15 is 0 Å². The van der Waals surface area contributed by atoms with E-state index in [1.165, 1.54) is 51.9 Å². The van der Waals surface area contributed by atoms with Crippen LogP contribution in [0, 0.1) is 40.4 Å². The van der Waals surface area contributed by atoms with Crippen LogP contribution in [0.4, 0.5) is 0 Å². The van der Waals surface area contributed by atoms with E-state index in [2.05, 4.69) is 34.6 Å². The van der Waals surface area contributed by atoms with Gasteiger partial charge in [0.15, 0.2) is 0 Å². The van der Waals surface area contributed by atoms with Crippen molar-refractivity contribution < 1.29 is 19.1 Å². The van der Waals surface area contributed by atoms with Crippen molar-refractivity contribution in [2.24, 2.45) is 40.4 Å². The minimum Gasteiger partial charge on any atom is -0.463 e. The van der Waals surface area contributed by atoms with Crippen molar-refractivity contribution in [2.45, 2.75) is 131 Å². The third-order valence-corrected chi connectivity index (χ3v) is 10.7. The molecule has 35 heavy (non-hydrogen) atoms. The third-order valence-electron chi connectivity index (χ3n) is 10.7. The zero-order valence-electron chi connectivity index (χ0n) is 23.5. The first-order valence-electron chi connectivity index (χ1n) is 14.5. The molecule has 3 saturated carbocycles. The van der Waals surface area contributed by atoms with Gasteiger partial charge in [0, 0.05) is 19.3 Å². The van der Waals surface area contributed by atoms with E-state index in [1.54, 1.807) is 18.1 Å². The summed E-state index contributed by atoms with van der Waals surface area (Å²) in [6.45, 7) is 15.1. The Kier molecular flexibility index (Phi) is 7.80. The molecule has 0 aliphatic heterocycles. The zero-order valence-corrected chi connectivity index (χ0v) is 23.5. The van der Waals surface area contributed by atoms with Gasteiger partial charge >= 0.3 is 11.9 Å².